The average molecular weight is 287 g/mol. The van der Waals surface area contributed by atoms with Crippen LogP contribution in [0.5, 0.6) is 0 Å². The molecule has 2 atom stereocenters. The van der Waals surface area contributed by atoms with Gasteiger partial charge in [0.2, 0.25) is 0 Å². The zero-order valence-corrected chi connectivity index (χ0v) is 14.8. The lowest BCUT2D eigenvalue weighted by Gasteiger charge is -2.34. The van der Waals surface area contributed by atoms with E-state index in [1.165, 1.54) is 36.8 Å². The monoisotopic (exact) mass is 287 g/mol. The Balaban J connectivity index is 2.24. The van der Waals surface area contributed by atoms with Gasteiger partial charge in [-0.3, -0.25) is 0 Å². The smallest absolute Gasteiger partial charge is 0.0351 e. The van der Waals surface area contributed by atoms with Crippen molar-refractivity contribution in [3.05, 3.63) is 35.4 Å². The van der Waals surface area contributed by atoms with E-state index < -0.39 is 0 Å². The summed E-state index contributed by atoms with van der Waals surface area (Å²) in [4.78, 5) is 0. The fourth-order valence-electron chi connectivity index (χ4n) is 3.92. The summed E-state index contributed by atoms with van der Waals surface area (Å²) < 4.78 is 0. The molecule has 0 spiro atoms. The molecule has 2 rings (SSSR count). The second kappa shape index (κ2) is 6.12. The van der Waals surface area contributed by atoms with Crippen LogP contribution in [0.4, 0.5) is 0 Å². The van der Waals surface area contributed by atoms with Crippen LogP contribution in [0.3, 0.4) is 0 Å². The van der Waals surface area contributed by atoms with Gasteiger partial charge in [-0.2, -0.15) is 0 Å². The molecular formula is C20H33N. The molecule has 0 saturated heterocycles. The van der Waals surface area contributed by atoms with Crippen LogP contribution in [0.1, 0.15) is 77.5 Å². The highest BCUT2D eigenvalue weighted by Gasteiger charge is 2.39. The zero-order valence-electron chi connectivity index (χ0n) is 14.8. The Morgan fingerprint density at radius 2 is 1.86 bits per heavy atom. The third-order valence-corrected chi connectivity index (χ3v) is 5.99. The van der Waals surface area contributed by atoms with Crippen LogP contribution < -0.4 is 5.32 Å². The summed E-state index contributed by atoms with van der Waals surface area (Å²) in [6.45, 7) is 11.8. The van der Waals surface area contributed by atoms with Crippen molar-refractivity contribution in [2.75, 3.05) is 7.05 Å². The van der Waals surface area contributed by atoms with E-state index in [1.54, 1.807) is 0 Å². The molecule has 0 aliphatic heterocycles. The van der Waals surface area contributed by atoms with Crippen molar-refractivity contribution in [2.45, 2.75) is 71.8 Å². The van der Waals surface area contributed by atoms with E-state index in [-0.39, 0.29) is 5.41 Å². The largest absolute Gasteiger partial charge is 0.313 e. The van der Waals surface area contributed by atoms with E-state index in [2.05, 4.69) is 71.2 Å². The van der Waals surface area contributed by atoms with Gasteiger partial charge >= 0.3 is 0 Å². The molecule has 0 bridgehead atoms. The highest BCUT2D eigenvalue weighted by atomic mass is 14.9. The molecule has 0 heterocycles. The Labute approximate surface area is 131 Å². The Kier molecular flexibility index (Phi) is 4.82. The van der Waals surface area contributed by atoms with Crippen LogP contribution >= 0.6 is 0 Å². The second-order valence-electron chi connectivity index (χ2n) is 8.11. The molecule has 1 saturated carbocycles. The Morgan fingerprint density at radius 1 is 1.24 bits per heavy atom. The summed E-state index contributed by atoms with van der Waals surface area (Å²) in [5.74, 6) is 0.743. The molecular weight excluding hydrogens is 254 g/mol. The van der Waals surface area contributed by atoms with E-state index in [0.29, 0.717) is 11.5 Å². The maximum absolute atomic E-state index is 3.59. The molecule has 1 fully saturated rings. The van der Waals surface area contributed by atoms with Gasteiger partial charge in [0.15, 0.2) is 0 Å². The fraction of sp³-hybridized carbons (Fsp3) is 0.700. The van der Waals surface area contributed by atoms with Gasteiger partial charge in [0.05, 0.1) is 0 Å². The number of hydrogen-bond donors (Lipinski definition) is 1. The van der Waals surface area contributed by atoms with Crippen LogP contribution in [0, 0.1) is 11.3 Å². The van der Waals surface area contributed by atoms with Gasteiger partial charge in [-0.1, -0.05) is 65.3 Å². The maximum atomic E-state index is 3.59. The first-order valence-corrected chi connectivity index (χ1v) is 8.59. The Bertz CT molecular complexity index is 455. The molecule has 1 aliphatic carbocycles. The molecule has 1 nitrogen and oxygen atoms in total. The van der Waals surface area contributed by atoms with E-state index in [0.717, 1.165) is 5.92 Å². The maximum Gasteiger partial charge on any atom is 0.0351 e. The summed E-state index contributed by atoms with van der Waals surface area (Å²) in [6.07, 6.45) is 5.26. The molecule has 1 N–H and O–H groups in total. The minimum absolute atomic E-state index is 0.278. The Hall–Kier alpha value is -0.820. The molecule has 1 aromatic carbocycles. The third-order valence-electron chi connectivity index (χ3n) is 5.99. The first-order chi connectivity index (χ1) is 9.81. The first kappa shape index (κ1) is 16.5. The number of rotatable bonds is 5. The second-order valence-corrected chi connectivity index (χ2v) is 8.11. The zero-order chi connectivity index (χ0) is 15.7. The molecule has 0 aromatic heterocycles. The highest BCUT2D eigenvalue weighted by molar-refractivity contribution is 5.30. The Morgan fingerprint density at radius 3 is 2.29 bits per heavy atom. The molecule has 2 unspecified atom stereocenters. The lowest BCUT2D eigenvalue weighted by atomic mass is 9.75. The summed E-state index contributed by atoms with van der Waals surface area (Å²) in [6, 6.07) is 9.86. The lowest BCUT2D eigenvalue weighted by molar-refractivity contribution is 0.203. The number of benzene rings is 1. The predicted octanol–water partition coefficient (Wildman–Crippen LogP) is 5.46. The van der Waals surface area contributed by atoms with Crippen molar-refractivity contribution in [3.8, 4) is 0 Å². The van der Waals surface area contributed by atoms with E-state index in [4.69, 9.17) is 0 Å². The van der Waals surface area contributed by atoms with Crippen LogP contribution in [0.15, 0.2) is 24.3 Å². The van der Waals surface area contributed by atoms with Gasteiger partial charge in [0.25, 0.3) is 0 Å². The van der Waals surface area contributed by atoms with Crippen molar-refractivity contribution in [1.82, 2.24) is 5.32 Å². The minimum Gasteiger partial charge on any atom is -0.313 e. The van der Waals surface area contributed by atoms with Gasteiger partial charge in [-0.05, 0) is 54.2 Å². The number of nitrogens with one attached hydrogen (secondary N) is 1. The number of hydrogen-bond acceptors (Lipinski definition) is 1. The summed E-state index contributed by atoms with van der Waals surface area (Å²) in [5, 5.41) is 3.59. The summed E-state index contributed by atoms with van der Waals surface area (Å²) >= 11 is 0. The first-order valence-electron chi connectivity index (χ1n) is 8.59. The van der Waals surface area contributed by atoms with Crippen LogP contribution in [-0.4, -0.2) is 7.05 Å². The molecule has 0 radical (unpaired) electrons. The quantitative estimate of drug-likeness (QED) is 0.758. The fourth-order valence-corrected chi connectivity index (χ4v) is 3.92. The summed E-state index contributed by atoms with van der Waals surface area (Å²) in [5.41, 5.74) is 3.64. The standard InChI is InChI=1S/C20H33N/c1-7-19(2,3)16-12-10-15(11-13-16)18(21-6)17-9-8-14-20(17,4)5/h10-13,17-18,21H,7-9,14H2,1-6H3. The molecule has 118 valence electrons. The van der Waals surface area contributed by atoms with Crippen molar-refractivity contribution >= 4 is 0 Å². The normalized spacial score (nSPS) is 23.2. The molecule has 1 heteroatoms. The molecule has 1 aliphatic rings. The van der Waals surface area contributed by atoms with Gasteiger partial charge in [-0.15, -0.1) is 0 Å². The van der Waals surface area contributed by atoms with E-state index >= 15 is 0 Å². The summed E-state index contributed by atoms with van der Waals surface area (Å²) in [7, 11) is 2.11. The molecule has 21 heavy (non-hydrogen) atoms. The van der Waals surface area contributed by atoms with Gasteiger partial charge in [-0.25, -0.2) is 0 Å². The topological polar surface area (TPSA) is 12.0 Å². The average Bonchev–Trinajstić information content (AvgIpc) is 2.80. The van der Waals surface area contributed by atoms with E-state index in [9.17, 15) is 0 Å². The predicted molar refractivity (Wildman–Crippen MR) is 92.7 cm³/mol. The van der Waals surface area contributed by atoms with Crippen LogP contribution in [-0.2, 0) is 5.41 Å². The van der Waals surface area contributed by atoms with Crippen molar-refractivity contribution in [1.29, 1.82) is 0 Å². The highest BCUT2D eigenvalue weighted by Crippen LogP contribution is 2.48. The van der Waals surface area contributed by atoms with E-state index in [1.807, 2.05) is 0 Å². The van der Waals surface area contributed by atoms with Gasteiger partial charge in [0, 0.05) is 6.04 Å². The van der Waals surface area contributed by atoms with Gasteiger partial charge in [0.1, 0.15) is 0 Å². The van der Waals surface area contributed by atoms with Crippen molar-refractivity contribution in [2.24, 2.45) is 11.3 Å². The SMILES string of the molecule is CCC(C)(C)c1ccc(C(NC)C2CCCC2(C)C)cc1. The molecule has 1 aromatic rings. The van der Waals surface area contributed by atoms with Crippen LogP contribution in [0.2, 0.25) is 0 Å². The minimum atomic E-state index is 0.278. The molecule has 0 amide bonds. The van der Waals surface area contributed by atoms with Gasteiger partial charge < -0.3 is 5.32 Å². The van der Waals surface area contributed by atoms with Crippen LogP contribution in [0.25, 0.3) is 0 Å². The van der Waals surface area contributed by atoms with Crippen molar-refractivity contribution in [3.63, 3.8) is 0 Å². The lowest BCUT2D eigenvalue weighted by Crippen LogP contribution is -2.32. The van der Waals surface area contributed by atoms with Crippen molar-refractivity contribution < 1.29 is 0 Å². The third kappa shape index (κ3) is 3.34.